The number of aliphatic hydroxyl groups is 1. The van der Waals surface area contributed by atoms with Crippen molar-refractivity contribution >= 4 is 22.5 Å². The molecule has 1 N–H and O–H groups in total. The van der Waals surface area contributed by atoms with Crippen molar-refractivity contribution in [2.45, 2.75) is 13.2 Å². The van der Waals surface area contributed by atoms with E-state index in [0.29, 0.717) is 12.1 Å². The molecule has 0 saturated carbocycles. The number of halogens is 2. The third-order valence-electron chi connectivity index (χ3n) is 3.39. The van der Waals surface area contributed by atoms with Crippen LogP contribution >= 0.6 is 11.6 Å². The van der Waals surface area contributed by atoms with Gasteiger partial charge in [-0.3, -0.25) is 0 Å². The molecule has 0 saturated heterocycles. The van der Waals surface area contributed by atoms with E-state index < -0.39 is 0 Å². The molecule has 0 aliphatic carbocycles. The Kier molecular flexibility index (Phi) is 3.47. The first-order chi connectivity index (χ1) is 9.69. The molecule has 1 aromatic heterocycles. The second-order valence-corrected chi connectivity index (χ2v) is 5.12. The Hall–Kier alpha value is -1.84. The Balaban J connectivity index is 2.01. The summed E-state index contributed by atoms with van der Waals surface area (Å²) in [6.45, 7) is 0.443. The van der Waals surface area contributed by atoms with Gasteiger partial charge >= 0.3 is 0 Å². The highest BCUT2D eigenvalue weighted by molar-refractivity contribution is 6.30. The lowest BCUT2D eigenvalue weighted by Gasteiger charge is -2.08. The summed E-state index contributed by atoms with van der Waals surface area (Å²) in [6, 6.07) is 12.7. The standard InChI is InChI=1S/C16H13ClFNO/c17-14-3-1-2-13(16(14)18)9-19-7-6-12-8-11(10-20)4-5-15(12)19/h1-8,20H,9-10H2. The Morgan fingerprint density at radius 1 is 1.15 bits per heavy atom. The molecule has 1 heterocycles. The minimum Gasteiger partial charge on any atom is -0.392 e. The topological polar surface area (TPSA) is 25.2 Å². The third kappa shape index (κ3) is 2.30. The van der Waals surface area contributed by atoms with Gasteiger partial charge in [-0.15, -0.1) is 0 Å². The van der Waals surface area contributed by atoms with E-state index in [2.05, 4.69) is 0 Å². The average molecular weight is 290 g/mol. The molecule has 2 aromatic carbocycles. The van der Waals surface area contributed by atoms with E-state index in [9.17, 15) is 4.39 Å². The monoisotopic (exact) mass is 289 g/mol. The maximum absolute atomic E-state index is 13.9. The van der Waals surface area contributed by atoms with Crippen molar-refractivity contribution in [3.8, 4) is 0 Å². The van der Waals surface area contributed by atoms with Crippen molar-refractivity contribution in [2.75, 3.05) is 0 Å². The molecular formula is C16H13ClFNO. The van der Waals surface area contributed by atoms with Crippen LogP contribution in [-0.2, 0) is 13.2 Å². The zero-order valence-electron chi connectivity index (χ0n) is 10.7. The van der Waals surface area contributed by atoms with Crippen LogP contribution in [0.1, 0.15) is 11.1 Å². The number of fused-ring (bicyclic) bond motifs is 1. The number of aliphatic hydroxyl groups excluding tert-OH is 1. The van der Waals surface area contributed by atoms with Crippen molar-refractivity contribution < 1.29 is 9.50 Å². The zero-order chi connectivity index (χ0) is 14.1. The molecule has 0 amide bonds. The molecule has 102 valence electrons. The summed E-state index contributed by atoms with van der Waals surface area (Å²) < 4.78 is 15.9. The van der Waals surface area contributed by atoms with Gasteiger partial charge in [-0.2, -0.15) is 0 Å². The molecule has 4 heteroatoms. The Morgan fingerprint density at radius 2 is 2.00 bits per heavy atom. The van der Waals surface area contributed by atoms with Crippen molar-refractivity contribution in [1.82, 2.24) is 4.57 Å². The van der Waals surface area contributed by atoms with E-state index in [-0.39, 0.29) is 17.4 Å². The van der Waals surface area contributed by atoms with Crippen LogP contribution in [-0.4, -0.2) is 9.67 Å². The SMILES string of the molecule is OCc1ccc2c(ccn2Cc2cccc(Cl)c2F)c1. The summed E-state index contributed by atoms with van der Waals surface area (Å²) in [5.41, 5.74) is 2.42. The molecule has 2 nitrogen and oxygen atoms in total. The highest BCUT2D eigenvalue weighted by Crippen LogP contribution is 2.22. The fourth-order valence-corrected chi connectivity index (χ4v) is 2.53. The number of benzene rings is 2. The molecule has 0 atom stereocenters. The van der Waals surface area contributed by atoms with Crippen molar-refractivity contribution in [3.63, 3.8) is 0 Å². The predicted octanol–water partition coefficient (Wildman–Crippen LogP) is 3.97. The van der Waals surface area contributed by atoms with Crippen LogP contribution in [0.15, 0.2) is 48.7 Å². The number of nitrogens with zero attached hydrogens (tertiary/aromatic N) is 1. The quantitative estimate of drug-likeness (QED) is 0.775. The van der Waals surface area contributed by atoms with Gasteiger partial charge in [-0.25, -0.2) is 4.39 Å². The maximum atomic E-state index is 13.9. The Morgan fingerprint density at radius 3 is 2.80 bits per heavy atom. The van der Waals surface area contributed by atoms with Gasteiger partial charge < -0.3 is 9.67 Å². The van der Waals surface area contributed by atoms with Gasteiger partial charge in [0.15, 0.2) is 0 Å². The summed E-state index contributed by atoms with van der Waals surface area (Å²) in [5, 5.41) is 10.3. The number of hydrogen-bond donors (Lipinski definition) is 1. The Labute approximate surface area is 121 Å². The van der Waals surface area contributed by atoms with Gasteiger partial charge in [0, 0.05) is 17.3 Å². The molecule has 20 heavy (non-hydrogen) atoms. The van der Waals surface area contributed by atoms with Crippen LogP contribution in [0.5, 0.6) is 0 Å². The minimum absolute atomic E-state index is 0.0179. The highest BCUT2D eigenvalue weighted by Gasteiger charge is 2.08. The fourth-order valence-electron chi connectivity index (χ4n) is 2.34. The molecule has 0 unspecified atom stereocenters. The molecular weight excluding hydrogens is 277 g/mol. The first-order valence-electron chi connectivity index (χ1n) is 6.30. The maximum Gasteiger partial charge on any atom is 0.146 e. The summed E-state index contributed by atoms with van der Waals surface area (Å²) in [7, 11) is 0. The summed E-state index contributed by atoms with van der Waals surface area (Å²) in [5.74, 6) is -0.372. The van der Waals surface area contributed by atoms with Gasteiger partial charge in [-0.05, 0) is 35.2 Å². The lowest BCUT2D eigenvalue weighted by molar-refractivity contribution is 0.282. The number of aromatic nitrogens is 1. The molecule has 0 aliphatic heterocycles. The lowest BCUT2D eigenvalue weighted by atomic mass is 10.1. The lowest BCUT2D eigenvalue weighted by Crippen LogP contribution is -2.00. The van der Waals surface area contributed by atoms with Crippen LogP contribution in [0, 0.1) is 5.82 Å². The third-order valence-corrected chi connectivity index (χ3v) is 3.68. The van der Waals surface area contributed by atoms with Crippen molar-refractivity contribution in [2.24, 2.45) is 0 Å². The highest BCUT2D eigenvalue weighted by atomic mass is 35.5. The van der Waals surface area contributed by atoms with E-state index in [1.165, 1.54) is 0 Å². The van der Waals surface area contributed by atoms with Crippen LogP contribution < -0.4 is 0 Å². The van der Waals surface area contributed by atoms with Gasteiger partial charge in [-0.1, -0.05) is 29.8 Å². The van der Waals surface area contributed by atoms with E-state index in [0.717, 1.165) is 16.5 Å². The van der Waals surface area contributed by atoms with Crippen LogP contribution in [0.2, 0.25) is 5.02 Å². The molecule has 0 fully saturated rings. The molecule has 3 aromatic rings. The minimum atomic E-state index is -0.372. The summed E-state index contributed by atoms with van der Waals surface area (Å²) in [6.07, 6.45) is 1.91. The fraction of sp³-hybridized carbons (Fsp3) is 0.125. The van der Waals surface area contributed by atoms with E-state index in [4.69, 9.17) is 16.7 Å². The first-order valence-corrected chi connectivity index (χ1v) is 6.68. The van der Waals surface area contributed by atoms with Crippen LogP contribution in [0.3, 0.4) is 0 Å². The van der Waals surface area contributed by atoms with Gasteiger partial charge in [0.1, 0.15) is 5.82 Å². The molecule has 0 radical (unpaired) electrons. The summed E-state index contributed by atoms with van der Waals surface area (Å²) >= 11 is 5.80. The van der Waals surface area contributed by atoms with Gasteiger partial charge in [0.25, 0.3) is 0 Å². The average Bonchev–Trinajstić information content (AvgIpc) is 2.86. The molecule has 3 rings (SSSR count). The van der Waals surface area contributed by atoms with E-state index >= 15 is 0 Å². The molecule has 0 spiro atoms. The summed E-state index contributed by atoms with van der Waals surface area (Å²) in [4.78, 5) is 0. The largest absolute Gasteiger partial charge is 0.392 e. The van der Waals surface area contributed by atoms with E-state index in [1.807, 2.05) is 35.0 Å². The van der Waals surface area contributed by atoms with Gasteiger partial charge in [0.2, 0.25) is 0 Å². The number of hydrogen-bond acceptors (Lipinski definition) is 1. The molecule has 0 aliphatic rings. The zero-order valence-corrected chi connectivity index (χ0v) is 11.4. The second kappa shape index (κ2) is 5.27. The van der Waals surface area contributed by atoms with Crippen molar-refractivity contribution in [3.05, 3.63) is 70.6 Å². The van der Waals surface area contributed by atoms with Crippen molar-refractivity contribution in [1.29, 1.82) is 0 Å². The van der Waals surface area contributed by atoms with Crippen LogP contribution in [0.25, 0.3) is 10.9 Å². The molecule has 0 bridgehead atoms. The smallest absolute Gasteiger partial charge is 0.146 e. The van der Waals surface area contributed by atoms with E-state index in [1.54, 1.807) is 18.2 Å². The van der Waals surface area contributed by atoms with Crippen LogP contribution in [0.4, 0.5) is 4.39 Å². The number of rotatable bonds is 3. The Bertz CT molecular complexity index is 766. The first kappa shape index (κ1) is 13.2. The second-order valence-electron chi connectivity index (χ2n) is 4.71. The predicted molar refractivity (Wildman–Crippen MR) is 78.4 cm³/mol. The van der Waals surface area contributed by atoms with Gasteiger partial charge in [0.05, 0.1) is 18.2 Å². The normalized spacial score (nSPS) is 11.2.